The summed E-state index contributed by atoms with van der Waals surface area (Å²) < 4.78 is 27.1. The smallest absolute Gasteiger partial charge is 0.267 e. The van der Waals surface area contributed by atoms with Crippen LogP contribution < -0.4 is 5.73 Å². The van der Waals surface area contributed by atoms with Crippen molar-refractivity contribution in [1.82, 2.24) is 0 Å². The van der Waals surface area contributed by atoms with Crippen LogP contribution in [0.5, 0.6) is 0 Å². The minimum Gasteiger partial charge on any atom is -0.395 e. The summed E-state index contributed by atoms with van der Waals surface area (Å²) in [5, 5.41) is 7.86. The molecule has 1 amide bonds. The largest absolute Gasteiger partial charge is 0.395 e. The van der Waals surface area contributed by atoms with Gasteiger partial charge >= 0.3 is 0 Å². The molecule has 6 nitrogen and oxygen atoms in total. The maximum Gasteiger partial charge on any atom is 0.267 e. The minimum atomic E-state index is -3.92. The summed E-state index contributed by atoms with van der Waals surface area (Å²) in [6, 6.07) is 0. The number of aliphatic hydroxyl groups is 1. The molecule has 4 N–H and O–H groups in total. The molecule has 0 spiro atoms. The average molecular weight is 199 g/mol. The van der Waals surface area contributed by atoms with Gasteiger partial charge in [0.2, 0.25) is 5.91 Å². The number of aliphatic hydroxyl groups excluding tert-OH is 1. The van der Waals surface area contributed by atoms with Gasteiger partial charge in [-0.15, -0.1) is 0 Å². The Hall–Kier alpha value is -0.660. The number of hydrogen-bond acceptors (Lipinski definition) is 4. The van der Waals surface area contributed by atoms with Crippen molar-refractivity contribution in [3.05, 3.63) is 0 Å². The lowest BCUT2D eigenvalue weighted by Crippen LogP contribution is -2.06. The Kier molecular flexibility index (Phi) is 8.12. The molecule has 12 heavy (non-hydrogen) atoms. The molecular formula is C5H13NO5S. The first-order chi connectivity index (χ1) is 5.33. The Labute approximate surface area is 71.1 Å². The van der Waals surface area contributed by atoms with Gasteiger partial charge in [0, 0.05) is 6.42 Å². The first kappa shape index (κ1) is 13.9. The van der Waals surface area contributed by atoms with E-state index in [1.165, 1.54) is 0 Å². The predicted molar refractivity (Wildman–Crippen MR) is 43.0 cm³/mol. The molecule has 0 saturated heterocycles. The van der Waals surface area contributed by atoms with Crippen molar-refractivity contribution in [2.24, 2.45) is 5.73 Å². The van der Waals surface area contributed by atoms with Gasteiger partial charge in [0.15, 0.2) is 0 Å². The van der Waals surface area contributed by atoms with Crippen LogP contribution in [0, 0.1) is 0 Å². The van der Waals surface area contributed by atoms with E-state index in [1.807, 2.05) is 0 Å². The molecule has 0 aromatic rings. The highest BCUT2D eigenvalue weighted by atomic mass is 32.2. The second-order valence-corrected chi connectivity index (χ2v) is 3.40. The van der Waals surface area contributed by atoms with Gasteiger partial charge in [-0.1, -0.05) is 6.92 Å². The minimum absolute atomic E-state index is 0.245. The number of amides is 1. The molecule has 0 unspecified atom stereocenters. The lowest BCUT2D eigenvalue weighted by molar-refractivity contribution is -0.117. The van der Waals surface area contributed by atoms with Gasteiger partial charge in [-0.05, 0) is 0 Å². The zero-order chi connectivity index (χ0) is 10.2. The van der Waals surface area contributed by atoms with Gasteiger partial charge in [-0.25, -0.2) is 0 Å². The molecule has 0 aliphatic carbocycles. The number of carbonyl (C=O) groups is 1. The summed E-state index contributed by atoms with van der Waals surface area (Å²) >= 11 is 0. The van der Waals surface area contributed by atoms with Crippen LogP contribution in [0.2, 0.25) is 0 Å². The van der Waals surface area contributed by atoms with Crippen LogP contribution in [-0.4, -0.2) is 36.3 Å². The maximum absolute atomic E-state index is 9.63. The zero-order valence-corrected chi connectivity index (χ0v) is 7.54. The molecule has 0 saturated carbocycles. The third kappa shape index (κ3) is 22.8. The highest BCUT2D eigenvalue weighted by molar-refractivity contribution is 7.85. The Morgan fingerprint density at radius 1 is 1.50 bits per heavy atom. The van der Waals surface area contributed by atoms with E-state index in [2.05, 4.69) is 5.73 Å². The topological polar surface area (TPSA) is 118 Å². The van der Waals surface area contributed by atoms with Crippen LogP contribution >= 0.6 is 0 Å². The van der Waals surface area contributed by atoms with Gasteiger partial charge in [0.25, 0.3) is 10.1 Å². The van der Waals surface area contributed by atoms with Gasteiger partial charge in [0.1, 0.15) is 0 Å². The first-order valence-corrected chi connectivity index (χ1v) is 4.78. The van der Waals surface area contributed by atoms with E-state index in [1.54, 1.807) is 6.92 Å². The monoisotopic (exact) mass is 199 g/mol. The van der Waals surface area contributed by atoms with Gasteiger partial charge < -0.3 is 10.8 Å². The highest BCUT2D eigenvalue weighted by Gasteiger charge is 1.99. The lowest BCUT2D eigenvalue weighted by Gasteiger charge is -1.85. The lowest BCUT2D eigenvalue weighted by atomic mass is 10.5. The van der Waals surface area contributed by atoms with Crippen LogP contribution in [0.25, 0.3) is 0 Å². The summed E-state index contributed by atoms with van der Waals surface area (Å²) in [5.74, 6) is -0.822. The summed E-state index contributed by atoms with van der Waals surface area (Å²) in [7, 11) is -3.92. The maximum atomic E-state index is 9.63. The van der Waals surface area contributed by atoms with Crippen LogP contribution in [0.4, 0.5) is 0 Å². The van der Waals surface area contributed by atoms with E-state index < -0.39 is 22.5 Å². The van der Waals surface area contributed by atoms with E-state index in [9.17, 15) is 13.2 Å². The highest BCUT2D eigenvalue weighted by Crippen LogP contribution is 1.76. The standard InChI is InChI=1S/C3H7NO.C2H6O4S/c1-2-3(4)5;3-1-2-7(4,5)6/h2H2,1H3,(H2,4,5);3H,1-2H2,(H,4,5,6). The molecular weight excluding hydrogens is 186 g/mol. The molecule has 0 heterocycles. The van der Waals surface area contributed by atoms with Gasteiger partial charge in [-0.3, -0.25) is 9.35 Å². The van der Waals surface area contributed by atoms with E-state index in [-0.39, 0.29) is 5.91 Å². The molecule has 0 fully saturated rings. The normalized spacial score (nSPS) is 9.92. The van der Waals surface area contributed by atoms with Gasteiger partial charge in [0.05, 0.1) is 12.4 Å². The molecule has 0 rings (SSSR count). The third-order valence-corrected chi connectivity index (χ3v) is 1.40. The second kappa shape index (κ2) is 7.01. The van der Waals surface area contributed by atoms with Crippen LogP contribution in [0.3, 0.4) is 0 Å². The summed E-state index contributed by atoms with van der Waals surface area (Å²) in [6.45, 7) is 1.20. The number of rotatable bonds is 3. The fraction of sp³-hybridized carbons (Fsp3) is 0.800. The summed E-state index contributed by atoms with van der Waals surface area (Å²) in [5.41, 5.74) is 4.65. The molecule has 0 aromatic heterocycles. The quantitative estimate of drug-likeness (QED) is 0.491. The van der Waals surface area contributed by atoms with E-state index in [0.717, 1.165) is 0 Å². The molecule has 7 heteroatoms. The van der Waals surface area contributed by atoms with Crippen molar-refractivity contribution < 1.29 is 22.9 Å². The van der Waals surface area contributed by atoms with E-state index >= 15 is 0 Å². The molecule has 0 bridgehead atoms. The fourth-order valence-corrected chi connectivity index (χ4v) is 0.346. The molecule has 0 aliphatic rings. The van der Waals surface area contributed by atoms with Gasteiger partial charge in [-0.2, -0.15) is 8.42 Å². The molecule has 0 atom stereocenters. The van der Waals surface area contributed by atoms with Crippen molar-refractivity contribution in [3.63, 3.8) is 0 Å². The molecule has 0 radical (unpaired) electrons. The molecule has 0 aliphatic heterocycles. The zero-order valence-electron chi connectivity index (χ0n) is 6.73. The van der Waals surface area contributed by atoms with Crippen LogP contribution in [0.1, 0.15) is 13.3 Å². The number of hydrogen-bond donors (Lipinski definition) is 3. The average Bonchev–Trinajstić information content (AvgIpc) is 1.86. The number of primary amides is 1. The van der Waals surface area contributed by atoms with Crippen molar-refractivity contribution in [1.29, 1.82) is 0 Å². The Bertz CT molecular complexity index is 210. The van der Waals surface area contributed by atoms with Crippen molar-refractivity contribution >= 4 is 16.0 Å². The van der Waals surface area contributed by atoms with Crippen LogP contribution in [-0.2, 0) is 14.9 Å². The number of carbonyl (C=O) groups excluding carboxylic acids is 1. The second-order valence-electron chi connectivity index (χ2n) is 1.83. The van der Waals surface area contributed by atoms with Crippen molar-refractivity contribution in [3.8, 4) is 0 Å². The predicted octanol–water partition coefficient (Wildman–Crippen LogP) is -1.25. The van der Waals surface area contributed by atoms with Crippen LogP contribution in [0.15, 0.2) is 0 Å². The Morgan fingerprint density at radius 3 is 1.83 bits per heavy atom. The Balaban J connectivity index is 0. The van der Waals surface area contributed by atoms with E-state index in [0.29, 0.717) is 6.42 Å². The Morgan fingerprint density at radius 2 is 1.83 bits per heavy atom. The van der Waals surface area contributed by atoms with Crippen molar-refractivity contribution in [2.75, 3.05) is 12.4 Å². The number of nitrogens with two attached hydrogens (primary N) is 1. The molecule has 0 aromatic carbocycles. The first-order valence-electron chi connectivity index (χ1n) is 3.17. The fourth-order valence-electron chi connectivity index (χ4n) is 0.115. The molecule has 74 valence electrons. The van der Waals surface area contributed by atoms with Crippen molar-refractivity contribution in [2.45, 2.75) is 13.3 Å². The third-order valence-electron chi connectivity index (χ3n) is 0.698. The van der Waals surface area contributed by atoms with E-state index in [4.69, 9.17) is 9.66 Å². The SMILES string of the molecule is CCC(N)=O.O=S(=O)(O)CCO. The summed E-state index contributed by atoms with van der Waals surface area (Å²) in [4.78, 5) is 9.59. The summed E-state index contributed by atoms with van der Waals surface area (Å²) in [6.07, 6.45) is 0.444.